The number of nitrogens with one attached hydrogen (secondary N) is 2. The van der Waals surface area contributed by atoms with Crippen molar-refractivity contribution >= 4 is 11.8 Å². The van der Waals surface area contributed by atoms with E-state index in [-0.39, 0.29) is 24.4 Å². The molecule has 0 aromatic heterocycles. The Kier molecular flexibility index (Phi) is 4.40. The van der Waals surface area contributed by atoms with E-state index in [0.29, 0.717) is 5.92 Å². The van der Waals surface area contributed by atoms with Gasteiger partial charge in [0.2, 0.25) is 11.8 Å². The average Bonchev–Trinajstić information content (AvgIpc) is 2.96. The number of hydrogen-bond acceptors (Lipinski definition) is 2. The van der Waals surface area contributed by atoms with Crippen molar-refractivity contribution in [3.05, 3.63) is 0 Å². The van der Waals surface area contributed by atoms with E-state index in [1.165, 1.54) is 25.7 Å². The first-order valence-corrected chi connectivity index (χ1v) is 7.85. The Morgan fingerprint density at radius 2 is 1.90 bits per heavy atom. The summed E-state index contributed by atoms with van der Waals surface area (Å²) in [7, 11) is 0. The average molecular weight is 280 g/mol. The third-order valence-electron chi connectivity index (χ3n) is 4.91. The molecule has 2 N–H and O–H groups in total. The summed E-state index contributed by atoms with van der Waals surface area (Å²) in [6, 6.07) is 0.226. The summed E-state index contributed by atoms with van der Waals surface area (Å²) in [5.74, 6) is 2.18. The lowest BCUT2D eigenvalue weighted by Crippen LogP contribution is -2.46. The Labute approximate surface area is 122 Å². The number of carbonyl (C=O) groups is 2. The summed E-state index contributed by atoms with van der Waals surface area (Å²) in [6.07, 6.45) is 5.33. The molecular formula is C16H28N2O2. The fourth-order valence-corrected chi connectivity index (χ4v) is 3.74. The number of amides is 2. The molecule has 0 heterocycles. The van der Waals surface area contributed by atoms with Gasteiger partial charge in [-0.2, -0.15) is 0 Å². The van der Waals surface area contributed by atoms with Gasteiger partial charge >= 0.3 is 0 Å². The summed E-state index contributed by atoms with van der Waals surface area (Å²) < 4.78 is 0. The van der Waals surface area contributed by atoms with Crippen molar-refractivity contribution in [2.75, 3.05) is 6.54 Å². The summed E-state index contributed by atoms with van der Waals surface area (Å²) in [5.41, 5.74) is -0.448. The van der Waals surface area contributed by atoms with Gasteiger partial charge in [0.25, 0.3) is 0 Å². The highest BCUT2D eigenvalue weighted by Crippen LogP contribution is 2.49. The van der Waals surface area contributed by atoms with Crippen LogP contribution in [0, 0.1) is 23.2 Å². The zero-order chi connectivity index (χ0) is 14.9. The van der Waals surface area contributed by atoms with Crippen LogP contribution in [-0.2, 0) is 9.59 Å². The predicted molar refractivity (Wildman–Crippen MR) is 79.0 cm³/mol. The number of fused-ring (bicyclic) bond motifs is 2. The van der Waals surface area contributed by atoms with Gasteiger partial charge < -0.3 is 10.6 Å². The van der Waals surface area contributed by atoms with Crippen LogP contribution in [0.5, 0.6) is 0 Å². The minimum absolute atomic E-state index is 0.0714. The molecule has 2 fully saturated rings. The lowest BCUT2D eigenvalue weighted by atomic mass is 9.84. The minimum atomic E-state index is -0.448. The van der Waals surface area contributed by atoms with Gasteiger partial charge in [-0.15, -0.1) is 0 Å². The maximum atomic E-state index is 11.9. The Bertz CT molecular complexity index is 386. The fraction of sp³-hybridized carbons (Fsp3) is 0.875. The van der Waals surface area contributed by atoms with E-state index in [1.807, 2.05) is 20.8 Å². The topological polar surface area (TPSA) is 58.2 Å². The molecule has 20 heavy (non-hydrogen) atoms. The molecule has 0 aromatic carbocycles. The van der Waals surface area contributed by atoms with Gasteiger partial charge in [-0.3, -0.25) is 9.59 Å². The van der Waals surface area contributed by atoms with Crippen molar-refractivity contribution in [2.24, 2.45) is 23.2 Å². The Morgan fingerprint density at radius 1 is 1.20 bits per heavy atom. The first-order chi connectivity index (χ1) is 9.27. The van der Waals surface area contributed by atoms with Gasteiger partial charge in [0, 0.05) is 11.5 Å². The predicted octanol–water partition coefficient (Wildman–Crippen LogP) is 2.09. The minimum Gasteiger partial charge on any atom is -0.352 e. The van der Waals surface area contributed by atoms with Gasteiger partial charge in [0.05, 0.1) is 6.54 Å². The van der Waals surface area contributed by atoms with Crippen LogP contribution >= 0.6 is 0 Å². The highest BCUT2D eigenvalue weighted by molar-refractivity contribution is 5.87. The molecule has 0 aliphatic heterocycles. The van der Waals surface area contributed by atoms with Crippen molar-refractivity contribution in [1.82, 2.24) is 10.6 Å². The zero-order valence-electron chi connectivity index (χ0n) is 13.2. The van der Waals surface area contributed by atoms with E-state index < -0.39 is 5.41 Å². The Balaban J connectivity index is 1.73. The first kappa shape index (κ1) is 15.3. The molecule has 114 valence electrons. The zero-order valence-corrected chi connectivity index (χ0v) is 13.2. The second kappa shape index (κ2) is 5.74. The van der Waals surface area contributed by atoms with Crippen molar-refractivity contribution in [2.45, 2.75) is 59.4 Å². The smallest absolute Gasteiger partial charge is 0.239 e. The van der Waals surface area contributed by atoms with E-state index in [2.05, 4.69) is 17.6 Å². The third kappa shape index (κ3) is 3.53. The van der Waals surface area contributed by atoms with E-state index >= 15 is 0 Å². The van der Waals surface area contributed by atoms with Gasteiger partial charge in [-0.25, -0.2) is 0 Å². The van der Waals surface area contributed by atoms with Crippen molar-refractivity contribution < 1.29 is 9.59 Å². The molecule has 4 nitrogen and oxygen atoms in total. The molecule has 4 heteroatoms. The van der Waals surface area contributed by atoms with Crippen LogP contribution in [0.25, 0.3) is 0 Å². The first-order valence-electron chi connectivity index (χ1n) is 7.85. The normalized spacial score (nSPS) is 30.1. The molecule has 0 radical (unpaired) electrons. The standard InChI is InChI=1S/C16H28N2O2/c1-10(13-8-11-5-6-12(13)7-11)18-14(19)9-17-15(20)16(2,3)4/h10-13H,5-9H2,1-4H3,(H,17,20)(H,18,19). The van der Waals surface area contributed by atoms with Gasteiger partial charge in [-0.05, 0) is 43.9 Å². The third-order valence-corrected chi connectivity index (χ3v) is 4.91. The molecular weight excluding hydrogens is 252 g/mol. The molecule has 2 aliphatic rings. The lowest BCUT2D eigenvalue weighted by molar-refractivity contribution is -0.131. The fourth-order valence-electron chi connectivity index (χ4n) is 3.74. The van der Waals surface area contributed by atoms with Crippen LogP contribution in [-0.4, -0.2) is 24.4 Å². The number of rotatable bonds is 4. The van der Waals surface area contributed by atoms with Crippen LogP contribution in [0.1, 0.15) is 53.4 Å². The van der Waals surface area contributed by atoms with Crippen LogP contribution < -0.4 is 10.6 Å². The van der Waals surface area contributed by atoms with E-state index in [0.717, 1.165) is 11.8 Å². The summed E-state index contributed by atoms with van der Waals surface area (Å²) >= 11 is 0. The maximum absolute atomic E-state index is 11.9. The molecule has 2 amide bonds. The van der Waals surface area contributed by atoms with E-state index in [9.17, 15) is 9.59 Å². The van der Waals surface area contributed by atoms with Crippen molar-refractivity contribution in [3.63, 3.8) is 0 Å². The van der Waals surface area contributed by atoms with Crippen LogP contribution in [0.15, 0.2) is 0 Å². The molecule has 2 aliphatic carbocycles. The second-order valence-electron chi connectivity index (χ2n) is 7.63. The Hall–Kier alpha value is -1.06. The van der Waals surface area contributed by atoms with Crippen LogP contribution in [0.4, 0.5) is 0 Å². The molecule has 0 aromatic rings. The molecule has 4 atom stereocenters. The monoisotopic (exact) mass is 280 g/mol. The van der Waals surface area contributed by atoms with Crippen molar-refractivity contribution in [1.29, 1.82) is 0 Å². The van der Waals surface area contributed by atoms with Crippen LogP contribution in [0.3, 0.4) is 0 Å². The highest BCUT2D eigenvalue weighted by Gasteiger charge is 2.42. The summed E-state index contributed by atoms with van der Waals surface area (Å²) in [5, 5.41) is 5.76. The van der Waals surface area contributed by atoms with Crippen molar-refractivity contribution in [3.8, 4) is 0 Å². The van der Waals surface area contributed by atoms with Crippen LogP contribution in [0.2, 0.25) is 0 Å². The maximum Gasteiger partial charge on any atom is 0.239 e. The Morgan fingerprint density at radius 3 is 2.40 bits per heavy atom. The van der Waals surface area contributed by atoms with E-state index in [1.54, 1.807) is 0 Å². The van der Waals surface area contributed by atoms with Gasteiger partial charge in [0.15, 0.2) is 0 Å². The molecule has 0 saturated heterocycles. The second-order valence-corrected chi connectivity index (χ2v) is 7.63. The van der Waals surface area contributed by atoms with Gasteiger partial charge in [0.1, 0.15) is 0 Å². The molecule has 2 saturated carbocycles. The largest absolute Gasteiger partial charge is 0.352 e. The summed E-state index contributed by atoms with van der Waals surface area (Å²) in [4.78, 5) is 23.6. The molecule has 2 bridgehead atoms. The lowest BCUT2D eigenvalue weighted by Gasteiger charge is -2.28. The number of hydrogen-bond donors (Lipinski definition) is 2. The summed E-state index contributed by atoms with van der Waals surface area (Å²) in [6.45, 7) is 7.73. The van der Waals surface area contributed by atoms with Gasteiger partial charge in [-0.1, -0.05) is 27.2 Å². The molecule has 2 rings (SSSR count). The molecule has 0 spiro atoms. The number of carbonyl (C=O) groups excluding carboxylic acids is 2. The SMILES string of the molecule is CC(NC(=O)CNC(=O)C(C)(C)C)C1CC2CCC1C2. The van der Waals surface area contributed by atoms with E-state index in [4.69, 9.17) is 0 Å². The molecule has 4 unspecified atom stereocenters. The highest BCUT2D eigenvalue weighted by atomic mass is 16.2. The quantitative estimate of drug-likeness (QED) is 0.828.